The lowest BCUT2D eigenvalue weighted by atomic mass is 10.0. The van der Waals surface area contributed by atoms with Gasteiger partial charge in [-0.3, -0.25) is 0 Å². The van der Waals surface area contributed by atoms with Crippen LogP contribution in [-0.4, -0.2) is 75.0 Å². The number of carboxylic acid groups (broad SMARTS) is 1. The Kier molecular flexibility index (Phi) is 13.6. The molecule has 2 aromatic rings. The molecule has 4 atom stereocenters. The van der Waals surface area contributed by atoms with Gasteiger partial charge in [-0.15, -0.1) is 0 Å². The molecule has 0 aliphatic carbocycles. The minimum atomic E-state index is -1.50. The molecule has 1 aliphatic rings. The highest BCUT2D eigenvalue weighted by molar-refractivity contribution is 7.82. The lowest BCUT2D eigenvalue weighted by Crippen LogP contribution is -2.50. The summed E-state index contributed by atoms with van der Waals surface area (Å²) in [4.78, 5) is 11.8. The van der Waals surface area contributed by atoms with E-state index >= 15 is 0 Å². The number of hydrogen-bond acceptors (Lipinski definition) is 6. The van der Waals surface area contributed by atoms with Gasteiger partial charge in [-0.25, -0.2) is 13.3 Å². The minimum absolute atomic E-state index is 0.0624. The fourth-order valence-corrected chi connectivity index (χ4v) is 5.38. The van der Waals surface area contributed by atoms with Crippen molar-refractivity contribution in [2.24, 2.45) is 11.8 Å². The van der Waals surface area contributed by atoms with Crippen LogP contribution in [0.15, 0.2) is 59.5 Å². The maximum atomic E-state index is 13.1. The normalized spacial score (nSPS) is 17.6. The molecule has 1 amide bonds. The number of nitrogens with zero attached hydrogens (tertiary/aromatic N) is 1. The average Bonchev–Trinajstić information content (AvgIpc) is 3.37. The number of anilines is 1. The molecular formula is C27H41N3O6S. The van der Waals surface area contributed by atoms with Crippen LogP contribution in [0.4, 0.5) is 10.5 Å². The van der Waals surface area contributed by atoms with Gasteiger partial charge in [0.1, 0.15) is 11.0 Å². The van der Waals surface area contributed by atoms with E-state index in [2.05, 4.69) is 5.32 Å². The second-order valence-electron chi connectivity index (χ2n) is 9.61. The molecule has 0 bridgehead atoms. The first kappa shape index (κ1) is 30.7. The molecule has 10 heteroatoms. The first-order valence-electron chi connectivity index (χ1n) is 12.6. The summed E-state index contributed by atoms with van der Waals surface area (Å²) in [5.74, 6) is 0.847. The van der Waals surface area contributed by atoms with Crippen molar-refractivity contribution < 1.29 is 29.1 Å². The summed E-state index contributed by atoms with van der Waals surface area (Å²) >= 11 is 0. The van der Waals surface area contributed by atoms with Crippen molar-refractivity contribution in [3.05, 3.63) is 60.2 Å². The van der Waals surface area contributed by atoms with Gasteiger partial charge in [0, 0.05) is 38.6 Å². The van der Waals surface area contributed by atoms with E-state index in [9.17, 15) is 19.2 Å². The summed E-state index contributed by atoms with van der Waals surface area (Å²) in [5.41, 5.74) is 7.19. The van der Waals surface area contributed by atoms with Crippen LogP contribution < -0.4 is 11.1 Å². The summed E-state index contributed by atoms with van der Waals surface area (Å²) < 4.78 is 19.8. The van der Waals surface area contributed by atoms with Gasteiger partial charge in [-0.05, 0) is 60.9 Å². The minimum Gasteiger partial charge on any atom is -0.465 e. The summed E-state index contributed by atoms with van der Waals surface area (Å²) in [6.07, 6.45) is 0.140. The molecule has 0 spiro atoms. The van der Waals surface area contributed by atoms with E-state index in [4.69, 9.17) is 15.6 Å². The third-order valence-electron chi connectivity index (χ3n) is 5.91. The molecule has 1 fully saturated rings. The third kappa shape index (κ3) is 11.6. The van der Waals surface area contributed by atoms with Crippen LogP contribution in [-0.2, 0) is 22.1 Å². The molecule has 1 heterocycles. The van der Waals surface area contributed by atoms with Crippen molar-refractivity contribution in [1.82, 2.24) is 9.62 Å². The summed E-state index contributed by atoms with van der Waals surface area (Å²) in [5, 5.41) is 30.9. The topological polar surface area (TPSA) is 145 Å². The Labute approximate surface area is 222 Å². The summed E-state index contributed by atoms with van der Waals surface area (Å²) in [7, 11) is -1.50. The van der Waals surface area contributed by atoms with Crippen LogP contribution in [0.2, 0.25) is 0 Å². The molecule has 37 heavy (non-hydrogen) atoms. The molecule has 6 N–H and O–H groups in total. The number of ether oxygens (including phenoxy) is 1. The number of carbonyl (C=O) groups is 1. The quantitative estimate of drug-likeness (QED) is 0.263. The molecule has 1 aliphatic heterocycles. The zero-order valence-corrected chi connectivity index (χ0v) is 22.5. The van der Waals surface area contributed by atoms with E-state index in [0.717, 1.165) is 31.6 Å². The van der Waals surface area contributed by atoms with Crippen LogP contribution in [0, 0.1) is 11.8 Å². The van der Waals surface area contributed by atoms with Crippen molar-refractivity contribution in [2.45, 2.75) is 50.2 Å². The highest BCUT2D eigenvalue weighted by Gasteiger charge is 2.27. The molecule has 3 rings (SSSR count). The molecule has 1 saturated heterocycles. The molecule has 9 nitrogen and oxygen atoms in total. The largest absolute Gasteiger partial charge is 0.465 e. The number of benzene rings is 2. The lowest BCUT2D eigenvalue weighted by Gasteiger charge is -2.29. The van der Waals surface area contributed by atoms with E-state index in [1.54, 1.807) is 28.6 Å². The van der Waals surface area contributed by atoms with E-state index in [-0.39, 0.29) is 12.5 Å². The maximum Gasteiger partial charge on any atom is 0.404 e. The third-order valence-corrected chi connectivity index (χ3v) is 7.35. The maximum absolute atomic E-state index is 13.1. The summed E-state index contributed by atoms with van der Waals surface area (Å²) in [6.45, 7) is 6.61. The fourth-order valence-electron chi connectivity index (χ4n) is 3.99. The molecule has 2 aromatic carbocycles. The van der Waals surface area contributed by atoms with Gasteiger partial charge in [-0.1, -0.05) is 44.2 Å². The van der Waals surface area contributed by atoms with Crippen LogP contribution in [0.25, 0.3) is 0 Å². The standard InChI is InChI=1S/C21H29N3O4S.C6H12O2/c1-15(2)13-24(29(28)18-10-8-17(22)9-11-18)14-20(25)19(23-21(26)27)12-16-6-4-3-5-7-16;7-3-1-6-2-4-8-5-6/h3-11,15,19-20,23,25H,12-14,22H2,1-2H3,(H,26,27);6-7H,1-5H2/t;6-/m.0/s1. The second-order valence-corrected chi connectivity index (χ2v) is 11.1. The number of aliphatic hydroxyl groups is 2. The lowest BCUT2D eigenvalue weighted by molar-refractivity contribution is 0.0994. The molecule has 206 valence electrons. The van der Waals surface area contributed by atoms with Crippen molar-refractivity contribution >= 4 is 22.8 Å². The predicted octanol–water partition coefficient (Wildman–Crippen LogP) is 2.89. The number of hydrogen-bond donors (Lipinski definition) is 5. The van der Waals surface area contributed by atoms with Gasteiger partial charge in [0.25, 0.3) is 0 Å². The highest BCUT2D eigenvalue weighted by atomic mass is 32.2. The zero-order chi connectivity index (χ0) is 27.2. The average molecular weight is 536 g/mol. The Morgan fingerprint density at radius 2 is 1.84 bits per heavy atom. The Bertz CT molecular complexity index is 939. The van der Waals surface area contributed by atoms with E-state index in [1.165, 1.54) is 0 Å². The zero-order valence-electron chi connectivity index (χ0n) is 21.7. The van der Waals surface area contributed by atoms with Crippen LogP contribution in [0.5, 0.6) is 0 Å². The van der Waals surface area contributed by atoms with E-state index < -0.39 is 29.2 Å². The van der Waals surface area contributed by atoms with Gasteiger partial charge in [0.15, 0.2) is 0 Å². The molecule has 0 saturated carbocycles. The first-order valence-corrected chi connectivity index (χ1v) is 13.7. The molecule has 0 aromatic heterocycles. The number of aliphatic hydroxyl groups excluding tert-OH is 2. The van der Waals surface area contributed by atoms with Gasteiger partial charge >= 0.3 is 6.09 Å². The monoisotopic (exact) mass is 535 g/mol. The smallest absolute Gasteiger partial charge is 0.404 e. The van der Waals surface area contributed by atoms with Crippen LogP contribution >= 0.6 is 0 Å². The van der Waals surface area contributed by atoms with E-state index in [1.807, 2.05) is 44.2 Å². The van der Waals surface area contributed by atoms with Crippen LogP contribution in [0.3, 0.4) is 0 Å². The SMILES string of the molecule is CC(C)CN(CC(O)C(Cc1ccccc1)NC(=O)O)S(=O)c1ccc(N)cc1.OCC[C@H]1CCOC1. The predicted molar refractivity (Wildman–Crippen MR) is 145 cm³/mol. The van der Waals surface area contributed by atoms with Gasteiger partial charge in [0.05, 0.1) is 17.0 Å². The van der Waals surface area contributed by atoms with Gasteiger partial charge in [0.2, 0.25) is 0 Å². The molecule has 3 unspecified atom stereocenters. The number of amides is 1. The van der Waals surface area contributed by atoms with Crippen molar-refractivity contribution in [1.29, 1.82) is 0 Å². The Hall–Kier alpha value is -2.50. The number of nitrogen functional groups attached to an aromatic ring is 1. The van der Waals surface area contributed by atoms with Gasteiger partial charge < -0.3 is 31.1 Å². The Morgan fingerprint density at radius 3 is 2.38 bits per heavy atom. The van der Waals surface area contributed by atoms with Crippen LogP contribution in [0.1, 0.15) is 32.3 Å². The van der Waals surface area contributed by atoms with Gasteiger partial charge in [-0.2, -0.15) is 0 Å². The number of nitrogens with two attached hydrogens (primary N) is 1. The van der Waals surface area contributed by atoms with Crippen molar-refractivity contribution in [2.75, 3.05) is 38.6 Å². The first-order chi connectivity index (χ1) is 17.7. The number of nitrogens with one attached hydrogen (secondary N) is 1. The Morgan fingerprint density at radius 1 is 1.16 bits per heavy atom. The van der Waals surface area contributed by atoms with E-state index in [0.29, 0.717) is 36.1 Å². The second kappa shape index (κ2) is 16.4. The number of rotatable bonds is 12. The molecular weight excluding hydrogens is 494 g/mol. The van der Waals surface area contributed by atoms with Crippen molar-refractivity contribution in [3.8, 4) is 0 Å². The molecule has 0 radical (unpaired) electrons. The summed E-state index contributed by atoms with van der Waals surface area (Å²) in [6, 6.07) is 15.4. The Balaban J connectivity index is 0.000000510. The fraction of sp³-hybridized carbons (Fsp3) is 0.519. The van der Waals surface area contributed by atoms with Crippen molar-refractivity contribution in [3.63, 3.8) is 0 Å². The highest BCUT2D eigenvalue weighted by Crippen LogP contribution is 2.17.